The highest BCUT2D eigenvalue weighted by molar-refractivity contribution is 7.89. The van der Waals surface area contributed by atoms with Gasteiger partial charge in [-0.1, -0.05) is 17.7 Å². The molecule has 1 aliphatic heterocycles. The van der Waals surface area contributed by atoms with E-state index < -0.39 is 10.0 Å². The van der Waals surface area contributed by atoms with Crippen molar-refractivity contribution in [3.63, 3.8) is 0 Å². The van der Waals surface area contributed by atoms with Gasteiger partial charge in [0.05, 0.1) is 4.90 Å². The summed E-state index contributed by atoms with van der Waals surface area (Å²) >= 11 is 1.63. The number of carbonyl (C=O) groups is 1. The number of hydrogen-bond donors (Lipinski definition) is 0. The Hall–Kier alpha value is -1.70. The molecule has 0 N–H and O–H groups in total. The lowest BCUT2D eigenvalue weighted by Gasteiger charge is -2.34. The SMILES string of the molecule is Cc1cc(C)c(S(=O)(=O)N2CCN(C(=O)CCc3ccsc3)CC2)c(C)c1. The third kappa shape index (κ3) is 4.42. The summed E-state index contributed by atoms with van der Waals surface area (Å²) < 4.78 is 27.8. The van der Waals surface area contributed by atoms with E-state index in [1.165, 1.54) is 9.87 Å². The zero-order chi connectivity index (χ0) is 19.6. The molecule has 3 rings (SSSR count). The third-order valence-corrected chi connectivity index (χ3v) is 7.94. The van der Waals surface area contributed by atoms with Gasteiger partial charge in [0.1, 0.15) is 0 Å². The lowest BCUT2D eigenvalue weighted by molar-refractivity contribution is -0.132. The quantitative estimate of drug-likeness (QED) is 0.766. The summed E-state index contributed by atoms with van der Waals surface area (Å²) in [5.74, 6) is 0.0981. The maximum Gasteiger partial charge on any atom is 0.243 e. The second-order valence-corrected chi connectivity index (χ2v) is 9.80. The van der Waals surface area contributed by atoms with Crippen molar-refractivity contribution in [2.75, 3.05) is 26.2 Å². The topological polar surface area (TPSA) is 57.7 Å². The first-order valence-corrected chi connectivity index (χ1v) is 11.5. The van der Waals surface area contributed by atoms with Crippen LogP contribution >= 0.6 is 11.3 Å². The molecule has 27 heavy (non-hydrogen) atoms. The first-order chi connectivity index (χ1) is 12.8. The van der Waals surface area contributed by atoms with Crippen LogP contribution in [0.3, 0.4) is 0 Å². The fourth-order valence-electron chi connectivity index (χ4n) is 3.72. The number of sulfonamides is 1. The summed E-state index contributed by atoms with van der Waals surface area (Å²) in [5.41, 5.74) is 3.80. The average Bonchev–Trinajstić information content (AvgIpc) is 3.12. The zero-order valence-electron chi connectivity index (χ0n) is 16.1. The zero-order valence-corrected chi connectivity index (χ0v) is 17.7. The van der Waals surface area contributed by atoms with Gasteiger partial charge < -0.3 is 4.90 Å². The number of piperazine rings is 1. The number of rotatable bonds is 5. The maximum atomic E-state index is 13.1. The van der Waals surface area contributed by atoms with E-state index in [0.717, 1.165) is 23.1 Å². The predicted octanol–water partition coefficient (Wildman–Crippen LogP) is 3.14. The van der Waals surface area contributed by atoms with Crippen LogP contribution < -0.4 is 0 Å². The van der Waals surface area contributed by atoms with E-state index in [1.54, 1.807) is 16.2 Å². The third-order valence-electron chi connectivity index (χ3n) is 5.00. The van der Waals surface area contributed by atoms with Crippen LogP contribution in [0.1, 0.15) is 28.7 Å². The van der Waals surface area contributed by atoms with Crippen LogP contribution in [0, 0.1) is 20.8 Å². The van der Waals surface area contributed by atoms with Crippen LogP contribution in [-0.2, 0) is 21.2 Å². The molecule has 0 unspecified atom stereocenters. The van der Waals surface area contributed by atoms with Gasteiger partial charge in [0.25, 0.3) is 0 Å². The van der Waals surface area contributed by atoms with Crippen LogP contribution in [0.15, 0.2) is 33.9 Å². The normalized spacial score (nSPS) is 15.9. The Bertz CT molecular complexity index is 890. The first kappa shape index (κ1) is 20.0. The van der Waals surface area contributed by atoms with Gasteiger partial charge in [-0.2, -0.15) is 15.6 Å². The second-order valence-electron chi connectivity index (χ2n) is 7.14. The van der Waals surface area contributed by atoms with E-state index >= 15 is 0 Å². The minimum absolute atomic E-state index is 0.0981. The Morgan fingerprint density at radius 1 is 1.07 bits per heavy atom. The molecule has 0 spiro atoms. The van der Waals surface area contributed by atoms with Gasteiger partial charge in [0, 0.05) is 32.6 Å². The van der Waals surface area contributed by atoms with E-state index in [4.69, 9.17) is 0 Å². The summed E-state index contributed by atoms with van der Waals surface area (Å²) in [4.78, 5) is 14.6. The molecule has 1 amide bonds. The fraction of sp³-hybridized carbons (Fsp3) is 0.450. The number of carbonyl (C=O) groups excluding carboxylic acids is 1. The Labute approximate surface area is 165 Å². The lowest BCUT2D eigenvalue weighted by Crippen LogP contribution is -2.50. The van der Waals surface area contributed by atoms with Gasteiger partial charge in [-0.3, -0.25) is 4.79 Å². The van der Waals surface area contributed by atoms with Crippen molar-refractivity contribution in [2.45, 2.75) is 38.5 Å². The summed E-state index contributed by atoms with van der Waals surface area (Å²) in [6, 6.07) is 5.85. The summed E-state index contributed by atoms with van der Waals surface area (Å²) in [6.07, 6.45) is 1.21. The molecule has 2 heterocycles. The van der Waals surface area contributed by atoms with Gasteiger partial charge in [0.2, 0.25) is 15.9 Å². The molecule has 1 aromatic carbocycles. The largest absolute Gasteiger partial charge is 0.340 e. The van der Waals surface area contributed by atoms with Crippen molar-refractivity contribution in [2.24, 2.45) is 0 Å². The number of aryl methyl sites for hydroxylation is 4. The number of hydrogen-bond acceptors (Lipinski definition) is 4. The van der Waals surface area contributed by atoms with E-state index in [2.05, 4.69) is 5.38 Å². The summed E-state index contributed by atoms with van der Waals surface area (Å²) in [6.45, 7) is 7.25. The molecule has 5 nitrogen and oxygen atoms in total. The van der Waals surface area contributed by atoms with Crippen LogP contribution in [0.4, 0.5) is 0 Å². The number of benzene rings is 1. The average molecular weight is 407 g/mol. The molecule has 0 bridgehead atoms. The molecular weight excluding hydrogens is 380 g/mol. The van der Waals surface area contributed by atoms with Crippen molar-refractivity contribution in [3.8, 4) is 0 Å². The molecule has 0 radical (unpaired) electrons. The molecule has 1 fully saturated rings. The molecule has 0 saturated carbocycles. The molecule has 1 aliphatic rings. The van der Waals surface area contributed by atoms with Crippen molar-refractivity contribution in [1.29, 1.82) is 0 Å². The Kier molecular flexibility index (Phi) is 6.03. The van der Waals surface area contributed by atoms with Crippen molar-refractivity contribution in [3.05, 3.63) is 51.2 Å². The fourth-order valence-corrected chi connectivity index (χ4v) is 6.26. The molecule has 2 aromatic rings. The smallest absolute Gasteiger partial charge is 0.243 e. The van der Waals surface area contributed by atoms with Crippen LogP contribution in [0.5, 0.6) is 0 Å². The van der Waals surface area contributed by atoms with Gasteiger partial charge in [0.15, 0.2) is 0 Å². The van der Waals surface area contributed by atoms with E-state index in [1.807, 2.05) is 44.4 Å². The second kappa shape index (κ2) is 8.12. The van der Waals surface area contributed by atoms with E-state index in [-0.39, 0.29) is 5.91 Å². The molecule has 0 atom stereocenters. The van der Waals surface area contributed by atoms with Gasteiger partial charge in [-0.25, -0.2) is 8.42 Å². The number of nitrogens with zero attached hydrogens (tertiary/aromatic N) is 2. The van der Waals surface area contributed by atoms with E-state index in [9.17, 15) is 13.2 Å². The molecular formula is C20H26N2O3S2. The molecule has 146 valence electrons. The van der Waals surface area contributed by atoms with Crippen LogP contribution in [0.2, 0.25) is 0 Å². The Balaban J connectivity index is 1.64. The minimum Gasteiger partial charge on any atom is -0.340 e. The number of thiophene rings is 1. The lowest BCUT2D eigenvalue weighted by atomic mass is 10.1. The monoisotopic (exact) mass is 406 g/mol. The highest BCUT2D eigenvalue weighted by atomic mass is 32.2. The van der Waals surface area contributed by atoms with Gasteiger partial charge in [-0.05, 0) is 60.7 Å². The molecule has 1 aromatic heterocycles. The highest BCUT2D eigenvalue weighted by Gasteiger charge is 2.32. The van der Waals surface area contributed by atoms with Crippen molar-refractivity contribution in [1.82, 2.24) is 9.21 Å². The minimum atomic E-state index is -3.54. The standard InChI is InChI=1S/C20H26N2O3S2/c1-15-12-16(2)20(17(3)13-15)27(24,25)22-9-7-21(8-10-22)19(23)5-4-18-6-11-26-14-18/h6,11-14H,4-5,7-10H2,1-3H3. The molecule has 0 aliphatic carbocycles. The van der Waals surface area contributed by atoms with Gasteiger partial charge in [-0.15, -0.1) is 0 Å². The Morgan fingerprint density at radius 2 is 1.70 bits per heavy atom. The summed E-state index contributed by atoms with van der Waals surface area (Å²) in [5, 5.41) is 4.07. The summed E-state index contributed by atoms with van der Waals surface area (Å²) in [7, 11) is -3.54. The Morgan fingerprint density at radius 3 is 2.26 bits per heavy atom. The van der Waals surface area contributed by atoms with Gasteiger partial charge >= 0.3 is 0 Å². The molecule has 1 saturated heterocycles. The maximum absolute atomic E-state index is 13.1. The van der Waals surface area contributed by atoms with E-state index in [0.29, 0.717) is 37.5 Å². The van der Waals surface area contributed by atoms with Crippen molar-refractivity contribution < 1.29 is 13.2 Å². The van der Waals surface area contributed by atoms with Crippen molar-refractivity contribution >= 4 is 27.3 Å². The number of amides is 1. The predicted molar refractivity (Wildman–Crippen MR) is 109 cm³/mol. The van der Waals surface area contributed by atoms with Crippen LogP contribution in [0.25, 0.3) is 0 Å². The highest BCUT2D eigenvalue weighted by Crippen LogP contribution is 2.26. The van der Waals surface area contributed by atoms with Crippen LogP contribution in [-0.4, -0.2) is 49.7 Å². The first-order valence-electron chi connectivity index (χ1n) is 9.16. The molecule has 7 heteroatoms.